The van der Waals surface area contributed by atoms with E-state index in [1.807, 2.05) is 0 Å². The number of hydrogen-bond donors (Lipinski definition) is 0. The van der Waals surface area contributed by atoms with Crippen molar-refractivity contribution >= 4 is 15.9 Å². The van der Waals surface area contributed by atoms with Gasteiger partial charge in [-0.2, -0.15) is 0 Å². The van der Waals surface area contributed by atoms with Crippen LogP contribution in [-0.2, 0) is 0 Å². The topological polar surface area (TPSA) is 0 Å². The van der Waals surface area contributed by atoms with Crippen LogP contribution in [0.2, 0.25) is 0 Å². The predicted molar refractivity (Wildman–Crippen MR) is 87.3 cm³/mol. The highest BCUT2D eigenvalue weighted by molar-refractivity contribution is 9.09. The molecule has 1 heteroatoms. The Labute approximate surface area is 123 Å². The summed E-state index contributed by atoms with van der Waals surface area (Å²) in [4.78, 5) is 0. The smallest absolute Gasteiger partial charge is 0.00886 e. The van der Waals surface area contributed by atoms with E-state index in [2.05, 4.69) is 34.7 Å². The molecule has 0 aromatic rings. The summed E-state index contributed by atoms with van der Waals surface area (Å²) in [6.45, 7) is 2.27. The zero-order chi connectivity index (χ0) is 13.3. The van der Waals surface area contributed by atoms with Crippen LogP contribution in [0.5, 0.6) is 0 Å². The highest BCUT2D eigenvalue weighted by atomic mass is 79.9. The Morgan fingerprint density at radius 3 is 1.56 bits per heavy atom. The van der Waals surface area contributed by atoms with Crippen LogP contribution in [0.1, 0.15) is 90.4 Å². The SMILES string of the molecule is CCCCCCCCC#CCCCCCCCBr. The summed E-state index contributed by atoms with van der Waals surface area (Å²) in [6.07, 6.45) is 17.2. The molecule has 0 unspecified atom stereocenters. The van der Waals surface area contributed by atoms with Gasteiger partial charge in [0.15, 0.2) is 0 Å². The molecule has 0 heterocycles. The number of hydrogen-bond acceptors (Lipinski definition) is 0. The first-order chi connectivity index (χ1) is 8.91. The number of alkyl halides is 1. The van der Waals surface area contributed by atoms with Crippen molar-refractivity contribution in [1.29, 1.82) is 0 Å². The van der Waals surface area contributed by atoms with Gasteiger partial charge in [-0.1, -0.05) is 74.2 Å². The van der Waals surface area contributed by atoms with Gasteiger partial charge in [0.2, 0.25) is 0 Å². The van der Waals surface area contributed by atoms with E-state index >= 15 is 0 Å². The van der Waals surface area contributed by atoms with Crippen LogP contribution in [0.4, 0.5) is 0 Å². The number of unbranched alkanes of at least 4 members (excludes halogenated alkanes) is 11. The normalized spacial score (nSPS) is 10.1. The minimum atomic E-state index is 1.12. The van der Waals surface area contributed by atoms with Crippen molar-refractivity contribution in [3.05, 3.63) is 0 Å². The van der Waals surface area contributed by atoms with Gasteiger partial charge in [0, 0.05) is 18.2 Å². The van der Waals surface area contributed by atoms with Crippen LogP contribution in [0.25, 0.3) is 0 Å². The van der Waals surface area contributed by atoms with E-state index in [-0.39, 0.29) is 0 Å². The molecule has 0 amide bonds. The first-order valence-electron chi connectivity index (χ1n) is 7.93. The summed E-state index contributed by atoms with van der Waals surface area (Å²) in [5.41, 5.74) is 0. The highest BCUT2D eigenvalue weighted by Crippen LogP contribution is 2.07. The lowest BCUT2D eigenvalue weighted by atomic mass is 10.1. The highest BCUT2D eigenvalue weighted by Gasteiger charge is 1.89. The Bertz CT molecular complexity index is 179. The van der Waals surface area contributed by atoms with Gasteiger partial charge >= 0.3 is 0 Å². The molecule has 0 aromatic heterocycles. The lowest BCUT2D eigenvalue weighted by Gasteiger charge is -1.97. The van der Waals surface area contributed by atoms with E-state index in [0.29, 0.717) is 0 Å². The predicted octanol–water partition coefficient (Wildman–Crippen LogP) is 6.48. The van der Waals surface area contributed by atoms with Gasteiger partial charge < -0.3 is 0 Å². The van der Waals surface area contributed by atoms with E-state index < -0.39 is 0 Å². The van der Waals surface area contributed by atoms with Crippen LogP contribution in [-0.4, -0.2) is 5.33 Å². The quantitative estimate of drug-likeness (QED) is 0.220. The Hall–Kier alpha value is 0.0400. The second-order valence-corrected chi connectivity index (χ2v) is 5.87. The molecule has 0 spiro atoms. The average Bonchev–Trinajstić information content (AvgIpc) is 2.39. The molecule has 0 aliphatic heterocycles. The fraction of sp³-hybridized carbons (Fsp3) is 0.882. The van der Waals surface area contributed by atoms with Gasteiger partial charge in [0.1, 0.15) is 0 Å². The Morgan fingerprint density at radius 2 is 1.06 bits per heavy atom. The molecule has 0 aliphatic carbocycles. The maximum atomic E-state index is 3.46. The third-order valence-electron chi connectivity index (χ3n) is 3.22. The minimum Gasteiger partial charge on any atom is -0.103 e. The molecule has 0 fully saturated rings. The standard InChI is InChI=1S/C17H31Br/c1-2-3-4-5-6-7-8-9-10-11-12-13-14-15-16-17-18/h2-8,11-17H2,1H3. The Balaban J connectivity index is 3.05. The summed E-state index contributed by atoms with van der Waals surface area (Å²) in [6, 6.07) is 0. The first kappa shape index (κ1) is 18.0. The third kappa shape index (κ3) is 16.0. The molecule has 18 heavy (non-hydrogen) atoms. The van der Waals surface area contributed by atoms with Crippen LogP contribution >= 0.6 is 15.9 Å². The molecular formula is C17H31Br. The molecule has 0 bridgehead atoms. The van der Waals surface area contributed by atoms with Crippen LogP contribution < -0.4 is 0 Å². The molecule has 0 N–H and O–H groups in total. The third-order valence-corrected chi connectivity index (χ3v) is 3.78. The molecule has 0 radical (unpaired) electrons. The largest absolute Gasteiger partial charge is 0.103 e. The Kier molecular flexibility index (Phi) is 17.1. The van der Waals surface area contributed by atoms with Crippen molar-refractivity contribution in [2.24, 2.45) is 0 Å². The molecular weight excluding hydrogens is 284 g/mol. The molecule has 0 rings (SSSR count). The average molecular weight is 315 g/mol. The van der Waals surface area contributed by atoms with Crippen molar-refractivity contribution in [3.8, 4) is 11.8 Å². The van der Waals surface area contributed by atoms with Crippen molar-refractivity contribution in [1.82, 2.24) is 0 Å². The molecule has 0 aromatic carbocycles. The Morgan fingerprint density at radius 1 is 0.611 bits per heavy atom. The monoisotopic (exact) mass is 314 g/mol. The van der Waals surface area contributed by atoms with Gasteiger partial charge in [-0.25, -0.2) is 0 Å². The van der Waals surface area contributed by atoms with E-state index in [9.17, 15) is 0 Å². The van der Waals surface area contributed by atoms with Gasteiger partial charge in [-0.05, 0) is 19.3 Å². The van der Waals surface area contributed by atoms with Gasteiger partial charge in [0.05, 0.1) is 0 Å². The fourth-order valence-corrected chi connectivity index (χ4v) is 2.41. The first-order valence-corrected chi connectivity index (χ1v) is 9.05. The minimum absolute atomic E-state index is 1.12. The molecule has 106 valence electrons. The zero-order valence-corrected chi connectivity index (χ0v) is 13.9. The van der Waals surface area contributed by atoms with Crippen LogP contribution in [0.3, 0.4) is 0 Å². The zero-order valence-electron chi connectivity index (χ0n) is 12.3. The molecule has 0 saturated heterocycles. The number of halogens is 1. The summed E-state index contributed by atoms with van der Waals surface area (Å²) in [7, 11) is 0. The van der Waals surface area contributed by atoms with E-state index in [0.717, 1.165) is 18.2 Å². The van der Waals surface area contributed by atoms with E-state index in [1.54, 1.807) is 0 Å². The second-order valence-electron chi connectivity index (χ2n) is 5.08. The van der Waals surface area contributed by atoms with E-state index in [4.69, 9.17) is 0 Å². The maximum Gasteiger partial charge on any atom is 0.00886 e. The van der Waals surface area contributed by atoms with Gasteiger partial charge in [-0.15, -0.1) is 11.8 Å². The van der Waals surface area contributed by atoms with Crippen molar-refractivity contribution in [2.75, 3.05) is 5.33 Å². The second kappa shape index (κ2) is 17.0. The molecule has 0 saturated carbocycles. The summed E-state index contributed by atoms with van der Waals surface area (Å²) in [5, 5.41) is 1.16. The van der Waals surface area contributed by atoms with Gasteiger partial charge in [-0.3, -0.25) is 0 Å². The van der Waals surface area contributed by atoms with Crippen molar-refractivity contribution in [2.45, 2.75) is 90.4 Å². The molecule has 0 aliphatic rings. The number of rotatable bonds is 12. The van der Waals surface area contributed by atoms with Crippen LogP contribution in [0.15, 0.2) is 0 Å². The van der Waals surface area contributed by atoms with E-state index in [1.165, 1.54) is 70.6 Å². The summed E-state index contributed by atoms with van der Waals surface area (Å²) >= 11 is 3.46. The lowest BCUT2D eigenvalue weighted by Crippen LogP contribution is -1.80. The van der Waals surface area contributed by atoms with Gasteiger partial charge in [0.25, 0.3) is 0 Å². The molecule has 0 nitrogen and oxygen atoms in total. The van der Waals surface area contributed by atoms with Crippen molar-refractivity contribution in [3.63, 3.8) is 0 Å². The molecule has 0 atom stereocenters. The summed E-state index contributed by atoms with van der Waals surface area (Å²) in [5.74, 6) is 6.64. The van der Waals surface area contributed by atoms with Crippen molar-refractivity contribution < 1.29 is 0 Å². The lowest BCUT2D eigenvalue weighted by molar-refractivity contribution is 0.613. The summed E-state index contributed by atoms with van der Waals surface area (Å²) < 4.78 is 0. The maximum absolute atomic E-state index is 3.46. The fourth-order valence-electron chi connectivity index (χ4n) is 2.01. The van der Waals surface area contributed by atoms with Crippen LogP contribution in [0, 0.1) is 11.8 Å².